The molecule has 1 atom stereocenters. The van der Waals surface area contributed by atoms with Gasteiger partial charge in [-0.3, -0.25) is 4.79 Å². The maximum atomic E-state index is 11.1. The predicted octanol–water partition coefficient (Wildman–Crippen LogP) is 5.62. The summed E-state index contributed by atoms with van der Waals surface area (Å²) in [6, 6.07) is 0. The van der Waals surface area contributed by atoms with Gasteiger partial charge in [-0.15, -0.1) is 12.4 Å². The van der Waals surface area contributed by atoms with Crippen LogP contribution in [0, 0.1) is 0 Å². The molecule has 0 rings (SSSR count). The molecule has 0 saturated heterocycles. The third-order valence-corrected chi connectivity index (χ3v) is 4.35. The van der Waals surface area contributed by atoms with Crippen LogP contribution in [-0.4, -0.2) is 50.8 Å². The summed E-state index contributed by atoms with van der Waals surface area (Å²) in [6.07, 6.45) is 16.0. The highest BCUT2D eigenvalue weighted by Crippen LogP contribution is 2.12. The van der Waals surface area contributed by atoms with Crippen molar-refractivity contribution in [2.75, 3.05) is 33.9 Å². The lowest BCUT2D eigenvalue weighted by Crippen LogP contribution is -2.33. The van der Waals surface area contributed by atoms with E-state index in [1.807, 2.05) is 19.0 Å². The van der Waals surface area contributed by atoms with Crippen molar-refractivity contribution < 1.29 is 14.3 Å². The summed E-state index contributed by atoms with van der Waals surface area (Å²) in [6.45, 7) is 5.69. The molecule has 0 fully saturated rings. The Hall–Kier alpha value is -0.320. The molecule has 0 radical (unpaired) electrons. The molecule has 0 aliphatic rings. The molecule has 0 aliphatic heterocycles. The van der Waals surface area contributed by atoms with Crippen molar-refractivity contribution >= 4 is 18.4 Å². The molecule has 0 aromatic carbocycles. The van der Waals surface area contributed by atoms with Gasteiger partial charge in [0.15, 0.2) is 0 Å². The number of likely N-dealkylation sites (N-methyl/N-ethyl adjacent to an activating group) is 1. The molecule has 0 heterocycles. The standard InChI is InChI=1S/C21H43NO3.ClH/c1-5-6-7-8-9-10-11-12-13-14-15-16-17-24-19-21(18-22(3)4)25-20(2)23;/h21H,5-19H2,1-4H3;1H. The molecule has 4 nitrogen and oxygen atoms in total. The number of hydrogen-bond donors (Lipinski definition) is 0. The lowest BCUT2D eigenvalue weighted by atomic mass is 10.1. The van der Waals surface area contributed by atoms with Gasteiger partial charge in [-0.05, 0) is 20.5 Å². The second kappa shape index (κ2) is 21.0. The Morgan fingerprint density at radius 3 is 1.73 bits per heavy atom. The largest absolute Gasteiger partial charge is 0.459 e. The molecule has 1 unspecified atom stereocenters. The zero-order chi connectivity index (χ0) is 18.8. The molecule has 0 saturated carbocycles. The predicted molar refractivity (Wildman–Crippen MR) is 113 cm³/mol. The molecule has 5 heteroatoms. The monoisotopic (exact) mass is 393 g/mol. The Morgan fingerprint density at radius 1 is 0.846 bits per heavy atom. The summed E-state index contributed by atoms with van der Waals surface area (Å²) in [5.41, 5.74) is 0. The third-order valence-electron chi connectivity index (χ3n) is 4.35. The molecular weight excluding hydrogens is 350 g/mol. The van der Waals surface area contributed by atoms with Crippen molar-refractivity contribution in [2.45, 2.75) is 97.0 Å². The lowest BCUT2D eigenvalue weighted by Gasteiger charge is -2.20. The Balaban J connectivity index is 0. The van der Waals surface area contributed by atoms with Crippen molar-refractivity contribution in [2.24, 2.45) is 0 Å². The van der Waals surface area contributed by atoms with Gasteiger partial charge in [-0.1, -0.05) is 77.6 Å². The zero-order valence-corrected chi connectivity index (χ0v) is 18.6. The SMILES string of the molecule is CCCCCCCCCCCCCCOCC(CN(C)C)OC(C)=O.Cl. The topological polar surface area (TPSA) is 38.8 Å². The van der Waals surface area contributed by atoms with Gasteiger partial charge in [0, 0.05) is 20.1 Å². The number of nitrogens with zero attached hydrogens (tertiary/aromatic N) is 1. The quantitative estimate of drug-likeness (QED) is 0.224. The van der Waals surface area contributed by atoms with Crippen LogP contribution in [-0.2, 0) is 14.3 Å². The highest BCUT2D eigenvalue weighted by atomic mass is 35.5. The smallest absolute Gasteiger partial charge is 0.303 e. The minimum Gasteiger partial charge on any atom is -0.459 e. The van der Waals surface area contributed by atoms with Gasteiger partial charge < -0.3 is 14.4 Å². The maximum Gasteiger partial charge on any atom is 0.303 e. The number of carbonyl (C=O) groups is 1. The van der Waals surface area contributed by atoms with Crippen LogP contribution in [0.5, 0.6) is 0 Å². The third kappa shape index (κ3) is 21.7. The van der Waals surface area contributed by atoms with Crippen molar-refractivity contribution in [1.29, 1.82) is 0 Å². The Bertz CT molecular complexity index is 301. The molecule has 26 heavy (non-hydrogen) atoms. The van der Waals surface area contributed by atoms with Gasteiger partial charge in [0.25, 0.3) is 0 Å². The average Bonchev–Trinajstić information content (AvgIpc) is 2.54. The first-order chi connectivity index (χ1) is 12.1. The van der Waals surface area contributed by atoms with Crippen molar-refractivity contribution in [3.8, 4) is 0 Å². The number of unbranched alkanes of at least 4 members (excludes halogenated alkanes) is 11. The number of ether oxygens (including phenoxy) is 2. The van der Waals surface area contributed by atoms with Crippen LogP contribution in [0.1, 0.15) is 90.9 Å². The molecule has 0 N–H and O–H groups in total. The van der Waals surface area contributed by atoms with Crippen LogP contribution in [0.15, 0.2) is 0 Å². The first-order valence-corrected chi connectivity index (χ1v) is 10.5. The van der Waals surface area contributed by atoms with Gasteiger partial charge in [-0.25, -0.2) is 0 Å². The molecule has 0 aliphatic carbocycles. The number of carbonyl (C=O) groups excluding carboxylic acids is 1. The van der Waals surface area contributed by atoms with Crippen LogP contribution in [0.4, 0.5) is 0 Å². The average molecular weight is 394 g/mol. The molecule has 0 aromatic rings. The van der Waals surface area contributed by atoms with Crippen LogP contribution in [0.25, 0.3) is 0 Å². The highest BCUT2D eigenvalue weighted by molar-refractivity contribution is 5.85. The summed E-state index contributed by atoms with van der Waals surface area (Å²) < 4.78 is 11.0. The summed E-state index contributed by atoms with van der Waals surface area (Å²) >= 11 is 0. The van der Waals surface area contributed by atoms with E-state index in [-0.39, 0.29) is 24.5 Å². The molecule has 0 amide bonds. The van der Waals surface area contributed by atoms with E-state index in [1.54, 1.807) is 0 Å². The van der Waals surface area contributed by atoms with Gasteiger partial charge in [0.05, 0.1) is 6.61 Å². The van der Waals surface area contributed by atoms with E-state index in [2.05, 4.69) is 6.92 Å². The molecule has 0 spiro atoms. The maximum absolute atomic E-state index is 11.1. The number of halogens is 1. The Morgan fingerprint density at radius 2 is 1.31 bits per heavy atom. The van der Waals surface area contributed by atoms with Gasteiger partial charge >= 0.3 is 5.97 Å². The number of esters is 1. The fraction of sp³-hybridized carbons (Fsp3) is 0.952. The minimum absolute atomic E-state index is 0. The normalized spacial score (nSPS) is 12.0. The van der Waals surface area contributed by atoms with Crippen LogP contribution >= 0.6 is 12.4 Å². The van der Waals surface area contributed by atoms with Crippen LogP contribution in [0.2, 0.25) is 0 Å². The summed E-state index contributed by atoms with van der Waals surface area (Å²) in [4.78, 5) is 13.1. The van der Waals surface area contributed by atoms with E-state index in [1.165, 1.54) is 77.6 Å². The van der Waals surface area contributed by atoms with Gasteiger partial charge in [-0.2, -0.15) is 0 Å². The lowest BCUT2D eigenvalue weighted by molar-refractivity contribution is -0.150. The second-order valence-electron chi connectivity index (χ2n) is 7.46. The van der Waals surface area contributed by atoms with E-state index in [0.29, 0.717) is 13.2 Å². The van der Waals surface area contributed by atoms with Crippen LogP contribution < -0.4 is 0 Å². The summed E-state index contributed by atoms with van der Waals surface area (Å²) in [5.74, 6) is -0.235. The fourth-order valence-electron chi connectivity index (χ4n) is 3.03. The second-order valence-corrected chi connectivity index (χ2v) is 7.46. The van der Waals surface area contributed by atoms with Crippen LogP contribution in [0.3, 0.4) is 0 Å². The number of rotatable bonds is 18. The molecule has 0 bridgehead atoms. The summed E-state index contributed by atoms with van der Waals surface area (Å²) in [7, 11) is 3.95. The van der Waals surface area contributed by atoms with Crippen molar-refractivity contribution in [3.63, 3.8) is 0 Å². The van der Waals surface area contributed by atoms with Gasteiger partial charge in [0.1, 0.15) is 6.10 Å². The first kappa shape index (κ1) is 27.9. The molecular formula is C21H44ClNO3. The van der Waals surface area contributed by atoms with Crippen molar-refractivity contribution in [1.82, 2.24) is 4.90 Å². The Kier molecular flexibility index (Phi) is 22.5. The molecule has 158 valence electrons. The summed E-state index contributed by atoms with van der Waals surface area (Å²) in [5, 5.41) is 0. The van der Waals surface area contributed by atoms with E-state index >= 15 is 0 Å². The fourth-order valence-corrected chi connectivity index (χ4v) is 3.03. The van der Waals surface area contributed by atoms with E-state index in [4.69, 9.17) is 9.47 Å². The van der Waals surface area contributed by atoms with E-state index in [0.717, 1.165) is 13.0 Å². The van der Waals surface area contributed by atoms with E-state index < -0.39 is 0 Å². The zero-order valence-electron chi connectivity index (χ0n) is 17.8. The minimum atomic E-state index is -0.235. The van der Waals surface area contributed by atoms with E-state index in [9.17, 15) is 4.79 Å². The Labute approximate surface area is 168 Å². The first-order valence-electron chi connectivity index (χ1n) is 10.5. The van der Waals surface area contributed by atoms with Crippen molar-refractivity contribution in [3.05, 3.63) is 0 Å². The number of hydrogen-bond acceptors (Lipinski definition) is 4. The molecule has 0 aromatic heterocycles. The highest BCUT2D eigenvalue weighted by Gasteiger charge is 2.13. The van der Waals surface area contributed by atoms with Gasteiger partial charge in [0.2, 0.25) is 0 Å².